The van der Waals surface area contributed by atoms with E-state index in [1.54, 1.807) is 7.05 Å². The van der Waals surface area contributed by atoms with Crippen molar-refractivity contribution in [2.24, 2.45) is 4.99 Å². The third-order valence-corrected chi connectivity index (χ3v) is 0.768. The van der Waals surface area contributed by atoms with Gasteiger partial charge in [-0.3, -0.25) is 4.99 Å². The van der Waals surface area contributed by atoms with E-state index in [0.717, 1.165) is 12.4 Å². The van der Waals surface area contributed by atoms with Crippen molar-refractivity contribution in [1.29, 1.82) is 0 Å². The maximum atomic E-state index is 3.88. The van der Waals surface area contributed by atoms with Crippen LogP contribution in [-0.2, 0) is 0 Å². The lowest BCUT2D eigenvalue weighted by Gasteiger charge is -1.96. The second-order valence-electron chi connectivity index (χ2n) is 1.34. The van der Waals surface area contributed by atoms with Crippen molar-refractivity contribution in [2.75, 3.05) is 13.6 Å². The van der Waals surface area contributed by atoms with Gasteiger partial charge in [-0.15, -0.1) is 0 Å². The molecule has 0 atom stereocenters. The molecule has 0 heterocycles. The molecule has 0 aromatic heterocycles. The van der Waals surface area contributed by atoms with Crippen molar-refractivity contribution in [3.8, 4) is 0 Å². The van der Waals surface area contributed by atoms with Gasteiger partial charge < -0.3 is 5.32 Å². The van der Waals surface area contributed by atoms with Gasteiger partial charge in [-0.25, -0.2) is 0 Å². The summed E-state index contributed by atoms with van der Waals surface area (Å²) < 4.78 is 0. The summed E-state index contributed by atoms with van der Waals surface area (Å²) in [7, 11) is 1.78. The summed E-state index contributed by atoms with van der Waals surface area (Å²) in [6.45, 7) is 8.96. The molecule has 0 unspecified atom stereocenters. The fraction of sp³-hybridized carbons (Fsp3) is 0.857. The van der Waals surface area contributed by atoms with Crippen LogP contribution < -0.4 is 5.32 Å². The molecule has 0 radical (unpaired) electrons. The van der Waals surface area contributed by atoms with Crippen LogP contribution in [0.25, 0.3) is 0 Å². The number of nitrogens with zero attached hydrogens (tertiary/aromatic N) is 1. The number of hydrogen-bond acceptors (Lipinski definition) is 1. The van der Waals surface area contributed by atoms with E-state index >= 15 is 0 Å². The van der Waals surface area contributed by atoms with Crippen molar-refractivity contribution >= 4 is 5.84 Å². The van der Waals surface area contributed by atoms with Crippen LogP contribution in [0.4, 0.5) is 0 Å². The molecule has 1 N–H and O–H groups in total. The van der Waals surface area contributed by atoms with Crippen LogP contribution in [0, 0.1) is 0 Å². The molecule has 0 aliphatic rings. The fourth-order valence-corrected chi connectivity index (χ4v) is 0.335. The van der Waals surface area contributed by atoms with Crippen LogP contribution in [0.15, 0.2) is 4.99 Å². The summed E-state index contributed by atoms with van der Waals surface area (Å²) in [5.74, 6) is 1.00. The van der Waals surface area contributed by atoms with Crippen LogP contribution in [-0.4, -0.2) is 19.4 Å². The molecule has 2 nitrogen and oxygen atoms in total. The Labute approximate surface area is 58.4 Å². The van der Waals surface area contributed by atoms with E-state index in [-0.39, 0.29) is 0 Å². The molecular formula is C7H18N2. The lowest BCUT2D eigenvalue weighted by molar-refractivity contribution is 0.956. The Morgan fingerprint density at radius 1 is 1.44 bits per heavy atom. The van der Waals surface area contributed by atoms with E-state index < -0.39 is 0 Å². The molecule has 56 valence electrons. The predicted octanol–water partition coefficient (Wildman–Crippen LogP) is 1.67. The normalized spacial score (nSPS) is 9.67. The zero-order chi connectivity index (χ0) is 7.70. The molecular weight excluding hydrogens is 112 g/mol. The predicted molar refractivity (Wildman–Crippen MR) is 44.1 cm³/mol. The van der Waals surface area contributed by atoms with Gasteiger partial charge in [-0.05, 0) is 13.8 Å². The lowest BCUT2D eigenvalue weighted by Crippen LogP contribution is -2.18. The van der Waals surface area contributed by atoms with Gasteiger partial charge in [0.25, 0.3) is 0 Å². The molecule has 0 amide bonds. The van der Waals surface area contributed by atoms with Crippen molar-refractivity contribution in [1.82, 2.24) is 5.32 Å². The summed E-state index contributed by atoms with van der Waals surface area (Å²) in [5.41, 5.74) is 0. The first-order chi connectivity index (χ1) is 4.31. The summed E-state index contributed by atoms with van der Waals surface area (Å²) in [4.78, 5) is 3.88. The Bertz CT molecular complexity index is 67.3. The molecule has 0 fully saturated rings. The van der Waals surface area contributed by atoms with E-state index in [0.29, 0.717) is 0 Å². The average Bonchev–Trinajstić information content (AvgIpc) is 1.93. The van der Waals surface area contributed by atoms with Crippen LogP contribution in [0.5, 0.6) is 0 Å². The van der Waals surface area contributed by atoms with Crippen molar-refractivity contribution in [2.45, 2.75) is 27.7 Å². The zero-order valence-corrected chi connectivity index (χ0v) is 7.15. The van der Waals surface area contributed by atoms with E-state index in [9.17, 15) is 0 Å². The quantitative estimate of drug-likeness (QED) is 0.424. The van der Waals surface area contributed by atoms with Crippen LogP contribution in [0.3, 0.4) is 0 Å². The van der Waals surface area contributed by atoms with E-state index in [1.165, 1.54) is 0 Å². The molecule has 9 heavy (non-hydrogen) atoms. The number of amidine groups is 1. The number of hydrogen-bond donors (Lipinski definition) is 1. The molecule has 0 saturated heterocycles. The van der Waals surface area contributed by atoms with E-state index in [1.807, 2.05) is 20.8 Å². The third-order valence-electron chi connectivity index (χ3n) is 0.768. The highest BCUT2D eigenvalue weighted by atomic mass is 15.0. The number of nitrogens with one attached hydrogen (secondary N) is 1. The molecule has 0 bridgehead atoms. The van der Waals surface area contributed by atoms with Crippen molar-refractivity contribution in [3.05, 3.63) is 0 Å². The minimum Gasteiger partial charge on any atom is -0.374 e. The minimum atomic E-state index is 0.961. The second kappa shape index (κ2) is 10.5. The Morgan fingerprint density at radius 2 is 1.89 bits per heavy atom. The van der Waals surface area contributed by atoms with Crippen LogP contribution in [0.2, 0.25) is 0 Å². The summed E-state index contributed by atoms with van der Waals surface area (Å²) in [6, 6.07) is 0. The molecule has 2 heteroatoms. The van der Waals surface area contributed by atoms with E-state index in [4.69, 9.17) is 0 Å². The standard InChI is InChI=1S/C5H12N2.C2H6/c1-4-7-5(2)6-3;1-2/h4H2,1-3H3,(H,6,7);1-2H3. The molecule has 0 saturated carbocycles. The first kappa shape index (κ1) is 11.3. The Balaban J connectivity index is 0. The summed E-state index contributed by atoms with van der Waals surface area (Å²) in [6.07, 6.45) is 0. The molecule has 0 aromatic rings. The smallest absolute Gasteiger partial charge is 0.0928 e. The molecule has 0 aliphatic carbocycles. The zero-order valence-electron chi connectivity index (χ0n) is 7.15. The average molecular weight is 130 g/mol. The summed E-state index contributed by atoms with van der Waals surface area (Å²) >= 11 is 0. The van der Waals surface area contributed by atoms with Gasteiger partial charge in [-0.2, -0.15) is 0 Å². The highest BCUT2D eigenvalue weighted by Crippen LogP contribution is 1.63. The second-order valence-corrected chi connectivity index (χ2v) is 1.34. The Morgan fingerprint density at radius 3 is 2.00 bits per heavy atom. The largest absolute Gasteiger partial charge is 0.374 e. The molecule has 0 rings (SSSR count). The van der Waals surface area contributed by atoms with Crippen molar-refractivity contribution < 1.29 is 0 Å². The van der Waals surface area contributed by atoms with Crippen LogP contribution >= 0.6 is 0 Å². The van der Waals surface area contributed by atoms with Gasteiger partial charge in [0.1, 0.15) is 0 Å². The molecule has 0 aliphatic heterocycles. The SMILES string of the molecule is CC.CCNC(C)=NC. The van der Waals surface area contributed by atoms with E-state index in [2.05, 4.69) is 17.2 Å². The van der Waals surface area contributed by atoms with Crippen molar-refractivity contribution in [3.63, 3.8) is 0 Å². The third kappa shape index (κ3) is 11.2. The highest BCUT2D eigenvalue weighted by molar-refractivity contribution is 5.79. The maximum Gasteiger partial charge on any atom is 0.0928 e. The fourth-order valence-electron chi connectivity index (χ4n) is 0.335. The minimum absolute atomic E-state index is 0.961. The Hall–Kier alpha value is -0.530. The summed E-state index contributed by atoms with van der Waals surface area (Å²) in [5, 5.41) is 3.05. The van der Waals surface area contributed by atoms with Gasteiger partial charge in [0, 0.05) is 13.6 Å². The van der Waals surface area contributed by atoms with Crippen LogP contribution in [0.1, 0.15) is 27.7 Å². The number of rotatable bonds is 1. The number of aliphatic imine (C=N–C) groups is 1. The topological polar surface area (TPSA) is 24.4 Å². The van der Waals surface area contributed by atoms with Gasteiger partial charge in [0.2, 0.25) is 0 Å². The Kier molecular flexibility index (Phi) is 13.1. The lowest BCUT2D eigenvalue weighted by atomic mass is 10.6. The first-order valence-electron chi connectivity index (χ1n) is 3.48. The van der Waals surface area contributed by atoms with Gasteiger partial charge in [0.05, 0.1) is 5.84 Å². The first-order valence-corrected chi connectivity index (χ1v) is 3.48. The van der Waals surface area contributed by atoms with Gasteiger partial charge >= 0.3 is 0 Å². The maximum absolute atomic E-state index is 3.88. The van der Waals surface area contributed by atoms with Gasteiger partial charge in [-0.1, -0.05) is 13.8 Å². The monoisotopic (exact) mass is 130 g/mol. The highest BCUT2D eigenvalue weighted by Gasteiger charge is 1.77. The molecule has 0 spiro atoms. The van der Waals surface area contributed by atoms with Gasteiger partial charge in [0.15, 0.2) is 0 Å². The molecule has 0 aromatic carbocycles.